The van der Waals surface area contributed by atoms with Crippen molar-refractivity contribution in [3.8, 4) is 17.6 Å². The van der Waals surface area contributed by atoms with E-state index in [-0.39, 0.29) is 12.2 Å². The lowest BCUT2D eigenvalue weighted by molar-refractivity contribution is -0.362. The van der Waals surface area contributed by atoms with Crippen molar-refractivity contribution in [3.05, 3.63) is 29.8 Å². The quantitative estimate of drug-likeness (QED) is 0.0346. The molecule has 1 aromatic rings. The lowest BCUT2D eigenvalue weighted by Crippen LogP contribution is -2.71. The second-order valence-corrected chi connectivity index (χ2v) is 18.8. The van der Waals surface area contributed by atoms with E-state index in [4.69, 9.17) is 42.6 Å². The minimum Gasteiger partial charge on any atom is -0.494 e. The summed E-state index contributed by atoms with van der Waals surface area (Å²) in [7, 11) is 1.30. The van der Waals surface area contributed by atoms with Crippen LogP contribution in [0.2, 0.25) is 0 Å². The van der Waals surface area contributed by atoms with Crippen molar-refractivity contribution in [2.24, 2.45) is 0 Å². The number of amides is 4. The molecule has 0 radical (unpaired) electrons. The number of unbranched alkanes of at least 4 members (excludes halogenated alkanes) is 5. The molecule has 0 spiro atoms. The number of hydrogen-bond donors (Lipinski definition) is 13. The van der Waals surface area contributed by atoms with Crippen LogP contribution in [0.5, 0.6) is 5.75 Å². The van der Waals surface area contributed by atoms with Gasteiger partial charge in [0.2, 0.25) is 17.7 Å². The third-order valence-corrected chi connectivity index (χ3v) is 13.0. The molecule has 26 heteroatoms. The molecule has 0 bridgehead atoms. The highest BCUT2D eigenvalue weighted by atomic mass is 16.8. The monoisotopic (exact) mass is 1070 g/mol. The number of rotatable bonds is 24. The van der Waals surface area contributed by atoms with Crippen LogP contribution in [-0.4, -0.2) is 232 Å². The Kier molecular flexibility index (Phi) is 24.7. The molecule has 1 aromatic carbocycles. The first-order valence-corrected chi connectivity index (χ1v) is 25.2. The van der Waals surface area contributed by atoms with Gasteiger partial charge in [0.15, 0.2) is 25.2 Å². The van der Waals surface area contributed by atoms with E-state index in [0.29, 0.717) is 25.2 Å². The fourth-order valence-electron chi connectivity index (χ4n) is 9.22. The average molecular weight is 1070 g/mol. The van der Waals surface area contributed by atoms with Crippen LogP contribution in [-0.2, 0) is 52.3 Å². The Bertz CT molecular complexity index is 2030. The van der Waals surface area contributed by atoms with Gasteiger partial charge in [0.05, 0.1) is 33.0 Å². The SMILES string of the molecule is CCCCCCC#CCCCOc1cccc(C(=O)NC2C(OC3C(CO)OC(OC4C(CO)OC(OC5C(COC)OC(O)C(NC(C)=O)C5O)C(NC(C)=O)C4O)C(NC(C)=O)C3O)OC(CO)C(O)C2O)c1. The highest BCUT2D eigenvalue weighted by Gasteiger charge is 2.56. The summed E-state index contributed by atoms with van der Waals surface area (Å²) in [5, 5.41) is 110. The van der Waals surface area contributed by atoms with Crippen molar-refractivity contribution in [3.63, 3.8) is 0 Å². The maximum absolute atomic E-state index is 13.8. The summed E-state index contributed by atoms with van der Waals surface area (Å²) in [4.78, 5) is 51.1. The van der Waals surface area contributed by atoms with E-state index < -0.39 is 166 Å². The molecule has 0 aliphatic carbocycles. The van der Waals surface area contributed by atoms with Crippen LogP contribution >= 0.6 is 0 Å². The average Bonchev–Trinajstić information content (AvgIpc) is 3.37. The molecule has 4 fully saturated rings. The van der Waals surface area contributed by atoms with Crippen LogP contribution in [0, 0.1) is 11.8 Å². The molecule has 0 aromatic heterocycles. The fourth-order valence-corrected chi connectivity index (χ4v) is 9.22. The van der Waals surface area contributed by atoms with Crippen LogP contribution in [0.15, 0.2) is 24.3 Å². The summed E-state index contributed by atoms with van der Waals surface area (Å²) < 4.78 is 53.0. The molecule has 0 saturated carbocycles. The van der Waals surface area contributed by atoms with Gasteiger partial charge in [-0.25, -0.2) is 0 Å². The zero-order valence-electron chi connectivity index (χ0n) is 42.7. The van der Waals surface area contributed by atoms with Crippen LogP contribution in [0.1, 0.15) is 83.0 Å². The van der Waals surface area contributed by atoms with Gasteiger partial charge in [-0.3, -0.25) is 19.2 Å². The third kappa shape index (κ3) is 16.6. The lowest BCUT2D eigenvalue weighted by Gasteiger charge is -2.51. The largest absolute Gasteiger partial charge is 0.494 e. The number of methoxy groups -OCH3 is 1. The van der Waals surface area contributed by atoms with Crippen molar-refractivity contribution in [1.29, 1.82) is 0 Å². The second kappa shape index (κ2) is 30.1. The van der Waals surface area contributed by atoms with E-state index in [1.807, 2.05) is 0 Å². The Labute approximate surface area is 434 Å². The number of aliphatic hydroxyl groups is 9. The second-order valence-electron chi connectivity index (χ2n) is 18.8. The molecular weight excluding hydrogens is 997 g/mol. The number of hydrogen-bond acceptors (Lipinski definition) is 22. The molecule has 5 rings (SSSR count). The Morgan fingerprint density at radius 2 is 1.05 bits per heavy atom. The van der Waals surface area contributed by atoms with Gasteiger partial charge in [-0.1, -0.05) is 32.3 Å². The van der Waals surface area contributed by atoms with Gasteiger partial charge in [-0.05, 0) is 31.0 Å². The lowest BCUT2D eigenvalue weighted by atomic mass is 9.93. The summed E-state index contributed by atoms with van der Waals surface area (Å²) in [6.07, 6.45) is -20.3. The molecule has 4 aliphatic heterocycles. The van der Waals surface area contributed by atoms with Crippen molar-refractivity contribution >= 4 is 23.6 Å². The summed E-state index contributed by atoms with van der Waals surface area (Å²) >= 11 is 0. The van der Waals surface area contributed by atoms with Gasteiger partial charge in [0.1, 0.15) is 103 Å². The smallest absolute Gasteiger partial charge is 0.251 e. The minimum atomic E-state index is -1.93. The topological polar surface area (TPSA) is 382 Å². The molecule has 4 aliphatic rings. The first-order chi connectivity index (χ1) is 35.9. The highest BCUT2D eigenvalue weighted by Crippen LogP contribution is 2.35. The van der Waals surface area contributed by atoms with Crippen LogP contribution in [0.3, 0.4) is 0 Å². The summed E-state index contributed by atoms with van der Waals surface area (Å²) in [5.41, 5.74) is 0.0732. The molecule has 75 heavy (non-hydrogen) atoms. The number of aliphatic hydroxyl groups excluding tert-OH is 9. The molecule has 4 heterocycles. The van der Waals surface area contributed by atoms with E-state index in [1.54, 1.807) is 12.1 Å². The van der Waals surface area contributed by atoms with E-state index in [0.717, 1.165) is 46.5 Å². The van der Waals surface area contributed by atoms with Gasteiger partial charge in [-0.15, -0.1) is 11.8 Å². The maximum atomic E-state index is 13.8. The molecule has 20 atom stereocenters. The van der Waals surface area contributed by atoms with Crippen molar-refractivity contribution in [1.82, 2.24) is 21.3 Å². The number of carbonyl (C=O) groups is 4. The first kappa shape index (κ1) is 61.6. The minimum absolute atomic E-state index is 0.0732. The first-order valence-electron chi connectivity index (χ1n) is 25.2. The molecule has 4 amide bonds. The Morgan fingerprint density at radius 1 is 0.573 bits per heavy atom. The van der Waals surface area contributed by atoms with Crippen molar-refractivity contribution in [2.45, 2.75) is 195 Å². The zero-order valence-corrected chi connectivity index (χ0v) is 42.7. The summed E-state index contributed by atoms with van der Waals surface area (Å²) in [5.74, 6) is 3.78. The van der Waals surface area contributed by atoms with Crippen LogP contribution < -0.4 is 26.0 Å². The number of benzene rings is 1. The zero-order chi connectivity index (χ0) is 54.9. The van der Waals surface area contributed by atoms with Crippen molar-refractivity contribution in [2.75, 3.05) is 40.1 Å². The molecule has 20 unspecified atom stereocenters. The van der Waals surface area contributed by atoms with Gasteiger partial charge >= 0.3 is 0 Å². The molecule has 424 valence electrons. The van der Waals surface area contributed by atoms with Gasteiger partial charge < -0.3 is 110 Å². The summed E-state index contributed by atoms with van der Waals surface area (Å²) in [6.45, 7) is 2.83. The Hall–Kier alpha value is -4.22. The molecule has 26 nitrogen and oxygen atoms in total. The van der Waals surface area contributed by atoms with E-state index in [9.17, 15) is 65.1 Å². The fraction of sp³-hybridized carbons (Fsp3) is 0.755. The maximum Gasteiger partial charge on any atom is 0.251 e. The normalized spacial score (nSPS) is 35.8. The standard InChI is InChI=1S/C49H76N4O22/c1-6-7-8-9-10-11-12-13-14-18-68-28-17-15-16-27(19-28)45(65)53-34-38(61)37(60)29(20-54)70-47(34)73-42-30(21-55)71-48(35(40(42)63)51-25(3)58)74-43-31(22-56)72-49(36(41(43)64)52-26(4)59)75-44-32(23-67-5)69-46(66)33(39(44)62)50-24(2)57/h15-17,19,29-44,46-49,54-56,60-64,66H,6-10,13-14,18,20-23H2,1-5H3,(H,50,57)(H,51,58)(H,52,59)(H,53,65). The molecular formula is C49H76N4O22. The number of carbonyl (C=O) groups excluding carboxylic acids is 4. The van der Waals surface area contributed by atoms with Gasteiger partial charge in [0.25, 0.3) is 5.91 Å². The number of nitrogens with one attached hydrogen (secondary N) is 4. The molecule has 13 N–H and O–H groups in total. The predicted octanol–water partition coefficient (Wildman–Crippen LogP) is -4.09. The van der Waals surface area contributed by atoms with E-state index in [1.165, 1.54) is 25.7 Å². The highest BCUT2D eigenvalue weighted by molar-refractivity contribution is 5.94. The Balaban J connectivity index is 1.33. The van der Waals surface area contributed by atoms with Crippen LogP contribution in [0.4, 0.5) is 0 Å². The van der Waals surface area contributed by atoms with Crippen LogP contribution in [0.25, 0.3) is 0 Å². The van der Waals surface area contributed by atoms with Crippen molar-refractivity contribution < 1.29 is 108 Å². The third-order valence-electron chi connectivity index (χ3n) is 13.0. The number of ether oxygens (including phenoxy) is 9. The predicted molar refractivity (Wildman–Crippen MR) is 256 cm³/mol. The summed E-state index contributed by atoms with van der Waals surface area (Å²) in [6, 6.07) is -0.130. The van der Waals surface area contributed by atoms with E-state index in [2.05, 4.69) is 40.0 Å². The van der Waals surface area contributed by atoms with Gasteiger partial charge in [-0.2, -0.15) is 0 Å². The van der Waals surface area contributed by atoms with Gasteiger partial charge in [0, 0.05) is 46.3 Å². The Morgan fingerprint density at radius 3 is 1.56 bits per heavy atom. The van der Waals surface area contributed by atoms with E-state index >= 15 is 0 Å². The molecule has 4 saturated heterocycles.